The van der Waals surface area contributed by atoms with Crippen LogP contribution in [0.1, 0.15) is 42.1 Å². The van der Waals surface area contributed by atoms with Gasteiger partial charge in [0.25, 0.3) is 5.91 Å². The van der Waals surface area contributed by atoms with Crippen LogP contribution in [-0.4, -0.2) is 77.4 Å². The zero-order valence-corrected chi connectivity index (χ0v) is 20.2. The number of hydrogen-bond acceptors (Lipinski definition) is 4. The highest BCUT2D eigenvalue weighted by Gasteiger charge is 2.52. The normalized spacial score (nSPS) is 22.6. The maximum Gasteiger partial charge on any atom is 0.257 e. The lowest BCUT2D eigenvalue weighted by Crippen LogP contribution is -2.62. The van der Waals surface area contributed by atoms with Crippen molar-refractivity contribution < 1.29 is 14.4 Å². The molecule has 1 unspecified atom stereocenters. The number of fused-ring (bicyclic) bond motifs is 3. The standard InChI is InChI=1S/C28H32N4O3/c1-28-15-13-26(34)32(28)24-12-6-5-11-23(24)27(35)31(28)17-14-25(33)30-20-18-29(19-21-30)16-7-10-22-8-3-2-4-9-22/h2-12H,13-21H2,1H3/b10-7+. The third-order valence-electron chi connectivity index (χ3n) is 7.49. The van der Waals surface area contributed by atoms with Gasteiger partial charge in [-0.05, 0) is 31.0 Å². The number of amides is 3. The highest BCUT2D eigenvalue weighted by atomic mass is 16.2. The summed E-state index contributed by atoms with van der Waals surface area (Å²) in [5.74, 6) is -0.00584. The average Bonchev–Trinajstić information content (AvgIpc) is 3.19. The van der Waals surface area contributed by atoms with Gasteiger partial charge < -0.3 is 9.80 Å². The van der Waals surface area contributed by atoms with E-state index in [9.17, 15) is 14.4 Å². The highest BCUT2D eigenvalue weighted by molar-refractivity contribution is 6.10. The molecular formula is C28H32N4O3. The predicted molar refractivity (Wildman–Crippen MR) is 136 cm³/mol. The largest absolute Gasteiger partial charge is 0.340 e. The van der Waals surface area contributed by atoms with E-state index in [1.807, 2.05) is 48.2 Å². The van der Waals surface area contributed by atoms with Gasteiger partial charge in [-0.25, -0.2) is 0 Å². The fourth-order valence-corrected chi connectivity index (χ4v) is 5.49. The summed E-state index contributed by atoms with van der Waals surface area (Å²) in [6, 6.07) is 17.5. The molecule has 0 N–H and O–H groups in total. The smallest absolute Gasteiger partial charge is 0.257 e. The first kappa shape index (κ1) is 23.3. The number of benzene rings is 2. The van der Waals surface area contributed by atoms with Crippen LogP contribution in [0.15, 0.2) is 60.7 Å². The molecule has 2 fully saturated rings. The van der Waals surface area contributed by atoms with Crippen LogP contribution < -0.4 is 4.90 Å². The molecule has 7 heteroatoms. The summed E-state index contributed by atoms with van der Waals surface area (Å²) in [5, 5.41) is 0. The number of hydrogen-bond donors (Lipinski definition) is 0. The average molecular weight is 473 g/mol. The summed E-state index contributed by atoms with van der Waals surface area (Å²) < 4.78 is 0. The van der Waals surface area contributed by atoms with Gasteiger partial charge in [0.2, 0.25) is 11.8 Å². The van der Waals surface area contributed by atoms with Crippen molar-refractivity contribution in [3.63, 3.8) is 0 Å². The van der Waals surface area contributed by atoms with E-state index >= 15 is 0 Å². The minimum atomic E-state index is -0.716. The van der Waals surface area contributed by atoms with Gasteiger partial charge in [0.1, 0.15) is 5.66 Å². The number of rotatable bonds is 6. The van der Waals surface area contributed by atoms with Crippen molar-refractivity contribution >= 4 is 29.5 Å². The molecule has 3 aliphatic rings. The van der Waals surface area contributed by atoms with Crippen molar-refractivity contribution in [3.05, 3.63) is 71.8 Å². The zero-order valence-electron chi connectivity index (χ0n) is 20.2. The van der Waals surface area contributed by atoms with E-state index in [4.69, 9.17) is 0 Å². The van der Waals surface area contributed by atoms with Gasteiger partial charge in [-0.1, -0.05) is 54.6 Å². The Morgan fingerprint density at radius 3 is 2.46 bits per heavy atom. The molecule has 3 amide bonds. The Balaban J connectivity index is 1.17. The molecule has 0 radical (unpaired) electrons. The Hall–Kier alpha value is -3.45. The van der Waals surface area contributed by atoms with E-state index < -0.39 is 5.66 Å². The van der Waals surface area contributed by atoms with Gasteiger partial charge in [-0.3, -0.25) is 24.2 Å². The summed E-state index contributed by atoms with van der Waals surface area (Å²) >= 11 is 0. The molecule has 7 nitrogen and oxygen atoms in total. The number of piperazine rings is 1. The molecule has 2 saturated heterocycles. The number of nitrogens with zero attached hydrogens (tertiary/aromatic N) is 4. The number of para-hydroxylation sites is 1. The first-order valence-electron chi connectivity index (χ1n) is 12.4. The molecule has 2 aromatic carbocycles. The van der Waals surface area contributed by atoms with E-state index in [-0.39, 0.29) is 24.1 Å². The second-order valence-electron chi connectivity index (χ2n) is 9.66. The molecule has 1 atom stereocenters. The van der Waals surface area contributed by atoms with Gasteiger partial charge in [-0.2, -0.15) is 0 Å². The summed E-state index contributed by atoms with van der Waals surface area (Å²) in [4.78, 5) is 46.8. The molecule has 35 heavy (non-hydrogen) atoms. The van der Waals surface area contributed by atoms with Gasteiger partial charge in [-0.15, -0.1) is 0 Å². The molecule has 2 aromatic rings. The van der Waals surface area contributed by atoms with Crippen LogP contribution in [0.4, 0.5) is 5.69 Å². The van der Waals surface area contributed by atoms with Crippen molar-refractivity contribution in [1.82, 2.24) is 14.7 Å². The minimum Gasteiger partial charge on any atom is -0.340 e. The maximum atomic E-state index is 13.4. The Bertz CT molecular complexity index is 1140. The Labute approximate surface area is 206 Å². The van der Waals surface area contributed by atoms with Crippen LogP contribution in [0.5, 0.6) is 0 Å². The SMILES string of the molecule is CC12CCC(=O)N1c1ccccc1C(=O)N2CCC(=O)N1CCN(C/C=C/c2ccccc2)CC1. The van der Waals surface area contributed by atoms with Crippen molar-refractivity contribution in [1.29, 1.82) is 0 Å². The second kappa shape index (κ2) is 9.66. The lowest BCUT2D eigenvalue weighted by molar-refractivity contribution is -0.133. The van der Waals surface area contributed by atoms with E-state index in [0.29, 0.717) is 43.7 Å². The predicted octanol–water partition coefficient (Wildman–Crippen LogP) is 3.23. The minimum absolute atomic E-state index is 0.0289. The molecule has 0 spiro atoms. The van der Waals surface area contributed by atoms with E-state index in [1.165, 1.54) is 5.56 Å². The Morgan fingerprint density at radius 2 is 1.69 bits per heavy atom. The third-order valence-corrected chi connectivity index (χ3v) is 7.49. The Morgan fingerprint density at radius 1 is 0.971 bits per heavy atom. The fourth-order valence-electron chi connectivity index (χ4n) is 5.49. The van der Waals surface area contributed by atoms with Crippen molar-refractivity contribution in [2.75, 3.05) is 44.2 Å². The fraction of sp³-hybridized carbons (Fsp3) is 0.393. The van der Waals surface area contributed by atoms with Gasteiger partial charge in [0, 0.05) is 52.1 Å². The molecule has 0 aromatic heterocycles. The summed E-state index contributed by atoms with van der Waals surface area (Å²) in [7, 11) is 0. The Kier molecular flexibility index (Phi) is 6.43. The van der Waals surface area contributed by atoms with E-state index in [2.05, 4.69) is 29.2 Å². The van der Waals surface area contributed by atoms with E-state index in [1.54, 1.807) is 15.9 Å². The first-order valence-corrected chi connectivity index (χ1v) is 12.4. The summed E-state index contributed by atoms with van der Waals surface area (Å²) in [6.45, 7) is 6.17. The summed E-state index contributed by atoms with van der Waals surface area (Å²) in [6.07, 6.45) is 5.54. The van der Waals surface area contributed by atoms with Gasteiger partial charge >= 0.3 is 0 Å². The van der Waals surface area contributed by atoms with Crippen LogP contribution in [0, 0.1) is 0 Å². The number of anilines is 1. The monoisotopic (exact) mass is 472 g/mol. The first-order chi connectivity index (χ1) is 17.0. The lowest BCUT2D eigenvalue weighted by atomic mass is 9.98. The molecule has 3 aliphatic heterocycles. The quantitative estimate of drug-likeness (QED) is 0.648. The molecule has 182 valence electrons. The van der Waals surface area contributed by atoms with E-state index in [0.717, 1.165) is 19.6 Å². The maximum absolute atomic E-state index is 13.4. The third kappa shape index (κ3) is 4.48. The topological polar surface area (TPSA) is 64.2 Å². The lowest BCUT2D eigenvalue weighted by Gasteiger charge is -2.48. The van der Waals surface area contributed by atoms with Crippen molar-refractivity contribution in [2.45, 2.75) is 31.8 Å². The summed E-state index contributed by atoms with van der Waals surface area (Å²) in [5.41, 5.74) is 1.69. The van der Waals surface area contributed by atoms with Crippen LogP contribution in [-0.2, 0) is 9.59 Å². The number of carbonyl (C=O) groups is 3. The number of carbonyl (C=O) groups excluding carboxylic acids is 3. The molecule has 5 rings (SSSR count). The van der Waals surface area contributed by atoms with Crippen molar-refractivity contribution in [3.8, 4) is 0 Å². The molecule has 3 heterocycles. The molecule has 0 aliphatic carbocycles. The van der Waals surface area contributed by atoms with Crippen LogP contribution in [0.3, 0.4) is 0 Å². The zero-order chi connectivity index (χ0) is 24.4. The van der Waals surface area contributed by atoms with Crippen LogP contribution in [0.25, 0.3) is 6.08 Å². The van der Waals surface area contributed by atoms with Crippen molar-refractivity contribution in [2.24, 2.45) is 0 Å². The second-order valence-corrected chi connectivity index (χ2v) is 9.66. The van der Waals surface area contributed by atoms with Crippen LogP contribution >= 0.6 is 0 Å². The highest BCUT2D eigenvalue weighted by Crippen LogP contribution is 2.44. The molecular weight excluding hydrogens is 440 g/mol. The van der Waals surface area contributed by atoms with Crippen LogP contribution in [0.2, 0.25) is 0 Å². The van der Waals surface area contributed by atoms with Gasteiger partial charge in [0.05, 0.1) is 11.3 Å². The van der Waals surface area contributed by atoms with Gasteiger partial charge in [0.15, 0.2) is 0 Å². The molecule has 0 bridgehead atoms. The molecule has 0 saturated carbocycles.